The Morgan fingerprint density at radius 1 is 1.05 bits per heavy atom. The second kappa shape index (κ2) is 12.8. The molecule has 0 amide bonds. The molecule has 7 nitrogen and oxygen atoms in total. The van der Waals surface area contributed by atoms with E-state index in [1.54, 1.807) is 42.5 Å². The van der Waals surface area contributed by atoms with Crippen molar-refractivity contribution < 1.29 is 14.6 Å². The number of ether oxygens (including phenoxy) is 1. The monoisotopic (exact) mass is 564 g/mol. The first kappa shape index (κ1) is 29.7. The summed E-state index contributed by atoms with van der Waals surface area (Å²) in [6.07, 6.45) is 0. The molecule has 9 heteroatoms. The van der Waals surface area contributed by atoms with Crippen LogP contribution in [0.15, 0.2) is 59.6 Å². The maximum atomic E-state index is 12.4. The number of hydrogen-bond acceptors (Lipinski definition) is 6. The number of aliphatic imine (C=N–C) groups is 1. The zero-order valence-electron chi connectivity index (χ0n) is 22.3. The van der Waals surface area contributed by atoms with Gasteiger partial charge in [0.25, 0.3) is 0 Å². The van der Waals surface area contributed by atoms with Crippen molar-refractivity contribution in [3.8, 4) is 11.8 Å². The van der Waals surface area contributed by atoms with Crippen molar-refractivity contribution in [1.82, 2.24) is 0 Å². The van der Waals surface area contributed by atoms with Crippen molar-refractivity contribution in [1.29, 1.82) is 10.7 Å². The number of rotatable bonds is 10. The Hall–Kier alpha value is -3.86. The van der Waals surface area contributed by atoms with Gasteiger partial charge in [0.1, 0.15) is 17.1 Å². The Balaban J connectivity index is 2.35. The molecule has 0 spiro atoms. The first-order chi connectivity index (χ1) is 18.5. The Kier molecular flexibility index (Phi) is 9.74. The normalized spacial score (nSPS) is 12.9. The van der Waals surface area contributed by atoms with Gasteiger partial charge in [-0.2, -0.15) is 5.26 Å². The van der Waals surface area contributed by atoms with Gasteiger partial charge in [0, 0.05) is 21.4 Å². The van der Waals surface area contributed by atoms with Gasteiger partial charge < -0.3 is 15.2 Å². The van der Waals surface area contributed by atoms with Gasteiger partial charge in [-0.3, -0.25) is 10.4 Å². The smallest absolute Gasteiger partial charge is 0.350 e. The minimum atomic E-state index is -1.37. The summed E-state index contributed by atoms with van der Waals surface area (Å²) in [6.45, 7) is 7.57. The average Bonchev–Trinajstić information content (AvgIpc) is 2.89. The Morgan fingerprint density at radius 3 is 2.31 bits per heavy atom. The second-order valence-electron chi connectivity index (χ2n) is 9.47. The lowest BCUT2D eigenvalue weighted by atomic mass is 9.79. The van der Waals surface area contributed by atoms with Crippen LogP contribution in [0.5, 0.6) is 5.75 Å². The molecule has 0 aromatic heterocycles. The van der Waals surface area contributed by atoms with Gasteiger partial charge in [-0.1, -0.05) is 49.2 Å². The number of nitrogens with zero attached hydrogens (tertiary/aromatic N) is 2. The minimum Gasteiger partial charge on any atom is -0.494 e. The third-order valence-electron chi connectivity index (χ3n) is 6.42. The number of anilines is 1. The highest BCUT2D eigenvalue weighted by Gasteiger charge is 2.37. The van der Waals surface area contributed by atoms with Gasteiger partial charge in [0.2, 0.25) is 0 Å². The van der Waals surface area contributed by atoms with Crippen molar-refractivity contribution in [2.24, 2.45) is 16.8 Å². The van der Waals surface area contributed by atoms with E-state index < -0.39 is 23.6 Å². The molecule has 0 fully saturated rings. The van der Waals surface area contributed by atoms with Crippen LogP contribution in [-0.4, -0.2) is 29.6 Å². The van der Waals surface area contributed by atoms with Gasteiger partial charge in [-0.25, -0.2) is 4.79 Å². The van der Waals surface area contributed by atoms with E-state index in [4.69, 9.17) is 38.3 Å². The number of nitrogens with one attached hydrogen (secondary N) is 2. The van der Waals surface area contributed by atoms with Crippen LogP contribution in [0.25, 0.3) is 0 Å². The largest absolute Gasteiger partial charge is 0.494 e. The van der Waals surface area contributed by atoms with E-state index in [-0.39, 0.29) is 5.92 Å². The molecule has 2 atom stereocenters. The molecule has 0 bridgehead atoms. The van der Waals surface area contributed by atoms with E-state index in [0.29, 0.717) is 38.4 Å². The molecule has 0 saturated heterocycles. The SMILES string of the molecule is COc1ccc(C#N)cc1N=C(C(C)C)C(C(=N)C(=O)O)C(Nc1cc(Cl)ccc1C)c1ccc(Cl)cc1C. The van der Waals surface area contributed by atoms with E-state index in [9.17, 15) is 15.2 Å². The summed E-state index contributed by atoms with van der Waals surface area (Å²) in [5, 5.41) is 32.8. The maximum Gasteiger partial charge on any atom is 0.350 e. The van der Waals surface area contributed by atoms with Crippen LogP contribution >= 0.6 is 23.2 Å². The van der Waals surface area contributed by atoms with Crippen molar-refractivity contribution in [2.75, 3.05) is 12.4 Å². The van der Waals surface area contributed by atoms with E-state index >= 15 is 0 Å². The van der Waals surface area contributed by atoms with Gasteiger partial charge >= 0.3 is 5.97 Å². The van der Waals surface area contributed by atoms with Gasteiger partial charge in [0.15, 0.2) is 0 Å². The molecule has 2 unspecified atom stereocenters. The third-order valence-corrected chi connectivity index (χ3v) is 6.89. The highest BCUT2D eigenvalue weighted by atomic mass is 35.5. The molecule has 0 radical (unpaired) electrons. The summed E-state index contributed by atoms with van der Waals surface area (Å²) in [6, 6.07) is 17.0. The lowest BCUT2D eigenvalue weighted by Gasteiger charge is -2.33. The van der Waals surface area contributed by atoms with E-state index in [2.05, 4.69) is 11.4 Å². The van der Waals surface area contributed by atoms with E-state index in [1.165, 1.54) is 7.11 Å². The highest BCUT2D eigenvalue weighted by molar-refractivity contribution is 6.40. The lowest BCUT2D eigenvalue weighted by molar-refractivity contribution is -0.129. The summed E-state index contributed by atoms with van der Waals surface area (Å²) in [7, 11) is 1.50. The molecule has 0 heterocycles. The van der Waals surface area contributed by atoms with Crippen LogP contribution < -0.4 is 10.1 Å². The number of halogens is 2. The minimum absolute atomic E-state index is 0.275. The van der Waals surface area contributed by atoms with Crippen molar-refractivity contribution in [3.63, 3.8) is 0 Å². The van der Waals surface area contributed by atoms with Crippen molar-refractivity contribution in [3.05, 3.63) is 86.9 Å². The topological polar surface area (TPSA) is 119 Å². The molecule has 3 aromatic rings. The van der Waals surface area contributed by atoms with Crippen LogP contribution in [0.2, 0.25) is 10.0 Å². The number of nitriles is 1. The molecule has 202 valence electrons. The third kappa shape index (κ3) is 6.97. The number of hydrogen-bond donors (Lipinski definition) is 3. The van der Waals surface area contributed by atoms with Crippen molar-refractivity contribution in [2.45, 2.75) is 33.7 Å². The summed E-state index contributed by atoms with van der Waals surface area (Å²) in [5.74, 6) is -2.24. The van der Waals surface area contributed by atoms with Crippen molar-refractivity contribution >= 4 is 52.0 Å². The van der Waals surface area contributed by atoms with Crippen LogP contribution in [0.4, 0.5) is 11.4 Å². The number of benzene rings is 3. The standard InChI is InChI=1S/C30H30Cl2N4O3/c1-16(2)28(36-24-13-19(15-33)7-11-25(24)39-5)26(27(34)30(37)38)29(22-10-9-20(31)12-18(22)4)35-23-14-21(32)8-6-17(23)3/h6-14,16,26,29,34-35H,1-5H3,(H,37,38). The Morgan fingerprint density at radius 2 is 1.72 bits per heavy atom. The predicted molar refractivity (Wildman–Crippen MR) is 157 cm³/mol. The van der Waals surface area contributed by atoms with Gasteiger partial charge in [-0.05, 0) is 78.9 Å². The molecule has 0 saturated carbocycles. The quantitative estimate of drug-likeness (QED) is 0.217. The Bertz CT molecular complexity index is 1480. The second-order valence-corrected chi connectivity index (χ2v) is 10.3. The maximum absolute atomic E-state index is 12.4. The molecule has 0 aliphatic carbocycles. The molecule has 0 aliphatic rings. The fourth-order valence-electron chi connectivity index (χ4n) is 4.41. The number of aliphatic carboxylic acids is 1. The zero-order valence-corrected chi connectivity index (χ0v) is 23.9. The number of aryl methyl sites for hydroxylation is 2. The summed E-state index contributed by atoms with van der Waals surface area (Å²) in [5.41, 5.74) is 3.79. The molecule has 3 rings (SSSR count). The first-order valence-corrected chi connectivity index (χ1v) is 13.0. The molecule has 0 aliphatic heterocycles. The zero-order chi connectivity index (χ0) is 28.9. The average molecular weight is 566 g/mol. The van der Waals surface area contributed by atoms with Crippen LogP contribution in [0.1, 0.15) is 42.1 Å². The Labute approximate surface area is 238 Å². The van der Waals surface area contributed by atoms with Crippen LogP contribution in [0.3, 0.4) is 0 Å². The number of carbonyl (C=O) groups is 1. The van der Waals surface area contributed by atoms with Gasteiger partial charge in [-0.15, -0.1) is 0 Å². The summed E-state index contributed by atoms with van der Waals surface area (Å²) < 4.78 is 5.48. The van der Waals surface area contributed by atoms with Crippen LogP contribution in [-0.2, 0) is 4.79 Å². The molecular weight excluding hydrogens is 535 g/mol. The van der Waals surface area contributed by atoms with E-state index in [1.807, 2.05) is 39.8 Å². The van der Waals surface area contributed by atoms with E-state index in [0.717, 1.165) is 16.7 Å². The highest BCUT2D eigenvalue weighted by Crippen LogP contribution is 2.37. The summed E-state index contributed by atoms with van der Waals surface area (Å²) in [4.78, 5) is 17.2. The fourth-order valence-corrected chi connectivity index (χ4v) is 4.81. The summed E-state index contributed by atoms with van der Waals surface area (Å²) >= 11 is 12.6. The predicted octanol–water partition coefficient (Wildman–Crippen LogP) is 7.79. The first-order valence-electron chi connectivity index (χ1n) is 12.2. The molecule has 3 aromatic carbocycles. The number of carboxylic acids is 1. The number of methoxy groups -OCH3 is 1. The van der Waals surface area contributed by atoms with Crippen LogP contribution in [0, 0.1) is 42.4 Å². The molecule has 3 N–H and O–H groups in total. The number of carboxylic acid groups (broad SMARTS) is 1. The molecule has 39 heavy (non-hydrogen) atoms. The van der Waals surface area contributed by atoms with Gasteiger partial charge in [0.05, 0.1) is 30.7 Å². The lowest BCUT2D eigenvalue weighted by Crippen LogP contribution is -2.40. The molecular formula is C30H30Cl2N4O3. The fraction of sp³-hybridized carbons (Fsp3) is 0.267.